The van der Waals surface area contributed by atoms with Crippen LogP contribution in [0.4, 0.5) is 4.79 Å². The van der Waals surface area contributed by atoms with Crippen molar-refractivity contribution in [3.05, 3.63) is 15.6 Å². The normalized spacial score (nSPS) is 12.2. The third-order valence-corrected chi connectivity index (χ3v) is 3.52. The van der Waals surface area contributed by atoms with Gasteiger partial charge in [-0.05, 0) is 33.6 Å². The second-order valence-electron chi connectivity index (χ2n) is 4.33. The molecule has 18 heavy (non-hydrogen) atoms. The standard InChI is InChI=1S/C12H21N3O2S/c1-8(5-4-6-16)14-12(17)13-7-11-9(2)18-10(3)15-11/h8,16H,4-7H2,1-3H3,(H2,13,14,17). The van der Waals surface area contributed by atoms with Crippen molar-refractivity contribution in [2.75, 3.05) is 6.61 Å². The predicted molar refractivity (Wildman–Crippen MR) is 72.7 cm³/mol. The molecule has 0 fully saturated rings. The highest BCUT2D eigenvalue weighted by Gasteiger charge is 2.09. The first-order valence-electron chi connectivity index (χ1n) is 6.11. The Hall–Kier alpha value is -1.14. The Morgan fingerprint density at radius 3 is 2.78 bits per heavy atom. The van der Waals surface area contributed by atoms with E-state index >= 15 is 0 Å². The fraction of sp³-hybridized carbons (Fsp3) is 0.667. The smallest absolute Gasteiger partial charge is 0.315 e. The molecule has 0 aliphatic heterocycles. The molecule has 0 aliphatic rings. The number of urea groups is 1. The number of rotatable bonds is 6. The van der Waals surface area contributed by atoms with E-state index in [1.165, 1.54) is 0 Å². The number of carbonyl (C=O) groups excluding carboxylic acids is 1. The van der Waals surface area contributed by atoms with Gasteiger partial charge in [0.1, 0.15) is 0 Å². The third kappa shape index (κ3) is 5.01. The van der Waals surface area contributed by atoms with Crippen LogP contribution in [0.25, 0.3) is 0 Å². The van der Waals surface area contributed by atoms with Gasteiger partial charge < -0.3 is 15.7 Å². The molecule has 5 nitrogen and oxygen atoms in total. The Bertz CT molecular complexity index is 393. The zero-order valence-electron chi connectivity index (χ0n) is 11.1. The van der Waals surface area contributed by atoms with Crippen LogP contribution in [0, 0.1) is 13.8 Å². The van der Waals surface area contributed by atoms with Gasteiger partial charge in [0.15, 0.2) is 0 Å². The second kappa shape index (κ2) is 7.33. The summed E-state index contributed by atoms with van der Waals surface area (Å²) in [5.41, 5.74) is 0.927. The monoisotopic (exact) mass is 271 g/mol. The molecule has 1 aromatic rings. The quantitative estimate of drug-likeness (QED) is 0.737. The highest BCUT2D eigenvalue weighted by molar-refractivity contribution is 7.11. The van der Waals surface area contributed by atoms with Crippen molar-refractivity contribution in [2.24, 2.45) is 0 Å². The van der Waals surface area contributed by atoms with E-state index in [4.69, 9.17) is 5.11 Å². The van der Waals surface area contributed by atoms with Crippen LogP contribution in [-0.2, 0) is 6.54 Å². The number of hydrogen-bond acceptors (Lipinski definition) is 4. The molecular weight excluding hydrogens is 250 g/mol. The first-order valence-corrected chi connectivity index (χ1v) is 6.92. The van der Waals surface area contributed by atoms with Gasteiger partial charge in [-0.2, -0.15) is 0 Å². The number of hydrogen-bond donors (Lipinski definition) is 3. The van der Waals surface area contributed by atoms with E-state index in [2.05, 4.69) is 15.6 Å². The number of aryl methyl sites for hydroxylation is 2. The SMILES string of the molecule is Cc1nc(CNC(=O)NC(C)CCCO)c(C)s1. The van der Waals surface area contributed by atoms with Gasteiger partial charge in [-0.25, -0.2) is 9.78 Å². The van der Waals surface area contributed by atoms with Crippen LogP contribution in [0.15, 0.2) is 0 Å². The zero-order valence-corrected chi connectivity index (χ0v) is 11.9. The number of aliphatic hydroxyl groups is 1. The molecule has 2 amide bonds. The number of amides is 2. The van der Waals surface area contributed by atoms with Gasteiger partial charge >= 0.3 is 6.03 Å². The molecule has 1 aromatic heterocycles. The Kier molecular flexibility index (Phi) is 6.07. The van der Waals surface area contributed by atoms with E-state index in [1.807, 2.05) is 20.8 Å². The van der Waals surface area contributed by atoms with E-state index < -0.39 is 0 Å². The minimum Gasteiger partial charge on any atom is -0.396 e. The number of nitrogens with one attached hydrogen (secondary N) is 2. The summed E-state index contributed by atoms with van der Waals surface area (Å²) in [5.74, 6) is 0. The molecule has 1 rings (SSSR count). The van der Waals surface area contributed by atoms with Crippen LogP contribution < -0.4 is 10.6 Å². The van der Waals surface area contributed by atoms with Gasteiger partial charge in [0.05, 0.1) is 17.2 Å². The Labute approximate surface area is 112 Å². The minimum absolute atomic E-state index is 0.0652. The summed E-state index contributed by atoms with van der Waals surface area (Å²) >= 11 is 1.64. The fourth-order valence-electron chi connectivity index (χ4n) is 1.64. The number of aliphatic hydroxyl groups excluding tert-OH is 1. The van der Waals surface area contributed by atoms with Gasteiger partial charge in [0, 0.05) is 17.5 Å². The van der Waals surface area contributed by atoms with Gasteiger partial charge in [0.2, 0.25) is 0 Å². The molecule has 3 N–H and O–H groups in total. The first kappa shape index (κ1) is 14.9. The molecule has 0 aromatic carbocycles. The summed E-state index contributed by atoms with van der Waals surface area (Å²) in [4.78, 5) is 17.1. The second-order valence-corrected chi connectivity index (χ2v) is 5.74. The predicted octanol–water partition coefficient (Wildman–Crippen LogP) is 1.72. The molecule has 1 heterocycles. The highest BCUT2D eigenvalue weighted by atomic mass is 32.1. The van der Waals surface area contributed by atoms with Crippen molar-refractivity contribution >= 4 is 17.4 Å². The molecule has 0 aliphatic carbocycles. The molecular formula is C12H21N3O2S. The number of nitrogens with zero attached hydrogens (tertiary/aromatic N) is 1. The maximum Gasteiger partial charge on any atom is 0.315 e. The molecule has 0 saturated heterocycles. The fourth-order valence-corrected chi connectivity index (χ4v) is 2.48. The zero-order chi connectivity index (χ0) is 13.5. The summed E-state index contributed by atoms with van der Waals surface area (Å²) in [5, 5.41) is 15.3. The first-order chi connectivity index (χ1) is 8.52. The molecule has 1 atom stereocenters. The van der Waals surface area contributed by atoms with Gasteiger partial charge in [-0.1, -0.05) is 0 Å². The van der Waals surface area contributed by atoms with Crippen molar-refractivity contribution in [1.82, 2.24) is 15.6 Å². The summed E-state index contributed by atoms with van der Waals surface area (Å²) in [7, 11) is 0. The van der Waals surface area contributed by atoms with Crippen molar-refractivity contribution in [3.63, 3.8) is 0 Å². The van der Waals surface area contributed by atoms with Crippen molar-refractivity contribution in [1.29, 1.82) is 0 Å². The van der Waals surface area contributed by atoms with Gasteiger partial charge in [-0.3, -0.25) is 0 Å². The van der Waals surface area contributed by atoms with E-state index in [0.717, 1.165) is 22.0 Å². The molecule has 0 spiro atoms. The van der Waals surface area contributed by atoms with E-state index in [0.29, 0.717) is 13.0 Å². The lowest BCUT2D eigenvalue weighted by Crippen LogP contribution is -2.40. The molecule has 0 bridgehead atoms. The van der Waals surface area contributed by atoms with Crippen LogP contribution in [0.1, 0.15) is 35.3 Å². The minimum atomic E-state index is -0.189. The maximum atomic E-state index is 11.6. The molecule has 0 radical (unpaired) electrons. The third-order valence-electron chi connectivity index (χ3n) is 2.59. The highest BCUT2D eigenvalue weighted by Crippen LogP contribution is 2.15. The van der Waals surface area contributed by atoms with Crippen LogP contribution in [-0.4, -0.2) is 28.8 Å². The van der Waals surface area contributed by atoms with Crippen LogP contribution >= 0.6 is 11.3 Å². The van der Waals surface area contributed by atoms with Gasteiger partial charge in [-0.15, -0.1) is 11.3 Å². The largest absolute Gasteiger partial charge is 0.396 e. The van der Waals surface area contributed by atoms with Crippen LogP contribution in [0.2, 0.25) is 0 Å². The molecule has 6 heteroatoms. The van der Waals surface area contributed by atoms with Crippen molar-refractivity contribution in [3.8, 4) is 0 Å². The Morgan fingerprint density at radius 1 is 1.50 bits per heavy atom. The topological polar surface area (TPSA) is 74.2 Å². The summed E-state index contributed by atoms with van der Waals surface area (Å²) < 4.78 is 0. The Morgan fingerprint density at radius 2 is 2.22 bits per heavy atom. The number of aromatic nitrogens is 1. The lowest BCUT2D eigenvalue weighted by molar-refractivity contribution is 0.234. The van der Waals surface area contributed by atoms with Crippen LogP contribution in [0.3, 0.4) is 0 Å². The number of carbonyl (C=O) groups is 1. The maximum absolute atomic E-state index is 11.6. The van der Waals surface area contributed by atoms with E-state index in [-0.39, 0.29) is 18.7 Å². The molecule has 0 saturated carbocycles. The van der Waals surface area contributed by atoms with Crippen LogP contribution in [0.5, 0.6) is 0 Å². The molecule has 1 unspecified atom stereocenters. The van der Waals surface area contributed by atoms with Crippen molar-refractivity contribution in [2.45, 2.75) is 46.2 Å². The summed E-state index contributed by atoms with van der Waals surface area (Å²) in [6.07, 6.45) is 1.48. The van der Waals surface area contributed by atoms with E-state index in [1.54, 1.807) is 11.3 Å². The molecule has 102 valence electrons. The summed E-state index contributed by atoms with van der Waals surface area (Å²) in [6, 6.07) is -0.124. The number of thiazole rings is 1. The van der Waals surface area contributed by atoms with Gasteiger partial charge in [0.25, 0.3) is 0 Å². The average molecular weight is 271 g/mol. The Balaban J connectivity index is 2.30. The average Bonchev–Trinajstić information content (AvgIpc) is 2.62. The lowest BCUT2D eigenvalue weighted by atomic mass is 10.2. The van der Waals surface area contributed by atoms with Crippen molar-refractivity contribution < 1.29 is 9.90 Å². The lowest BCUT2D eigenvalue weighted by Gasteiger charge is -2.13. The van der Waals surface area contributed by atoms with E-state index in [9.17, 15) is 4.79 Å². The summed E-state index contributed by atoms with van der Waals surface area (Å²) in [6.45, 7) is 6.49.